The van der Waals surface area contributed by atoms with Crippen molar-refractivity contribution in [2.75, 3.05) is 5.75 Å². The Bertz CT molecular complexity index is 860. The van der Waals surface area contributed by atoms with Gasteiger partial charge in [0.1, 0.15) is 23.2 Å². The molecule has 0 aliphatic carbocycles. The van der Waals surface area contributed by atoms with Gasteiger partial charge in [0.15, 0.2) is 5.65 Å². The first kappa shape index (κ1) is 20.5. The van der Waals surface area contributed by atoms with Crippen LogP contribution in [0.15, 0.2) is 53.1 Å². The van der Waals surface area contributed by atoms with Crippen molar-refractivity contribution in [1.29, 1.82) is 0 Å². The summed E-state index contributed by atoms with van der Waals surface area (Å²) in [6.45, 7) is 2.26. The second-order valence-corrected chi connectivity index (χ2v) is 8.00. The third-order valence-corrected chi connectivity index (χ3v) is 5.72. The van der Waals surface area contributed by atoms with Gasteiger partial charge in [-0.25, -0.2) is 19.6 Å². The Kier molecular flexibility index (Phi) is 8.50. The minimum absolute atomic E-state index is 0.751. The third-order valence-electron chi connectivity index (χ3n) is 4.65. The molecule has 1 aromatic carbocycles. The number of hydrogen-bond acceptors (Lipinski definition) is 5. The van der Waals surface area contributed by atoms with Crippen LogP contribution in [0.5, 0.6) is 0 Å². The predicted octanol–water partition coefficient (Wildman–Crippen LogP) is 5.94. The molecule has 0 spiro atoms. The monoisotopic (exact) mass is 395 g/mol. The topological polar surface area (TPSA) is 56.0 Å². The summed E-state index contributed by atoms with van der Waals surface area (Å²) in [5.41, 5.74) is 2.63. The van der Waals surface area contributed by atoms with Crippen LogP contribution in [-0.2, 0) is 0 Å². The summed E-state index contributed by atoms with van der Waals surface area (Å²) in [4.78, 5) is 13.3. The van der Waals surface area contributed by atoms with E-state index in [0.29, 0.717) is 0 Å². The van der Waals surface area contributed by atoms with Gasteiger partial charge >= 0.3 is 0 Å². The number of thioether (sulfide) groups is 1. The molecule has 0 unspecified atom stereocenters. The Labute approximate surface area is 171 Å². The van der Waals surface area contributed by atoms with Crippen molar-refractivity contribution < 1.29 is 0 Å². The summed E-state index contributed by atoms with van der Waals surface area (Å²) < 4.78 is 1.71. The fourth-order valence-corrected chi connectivity index (χ4v) is 4.01. The van der Waals surface area contributed by atoms with Crippen LogP contribution in [0, 0.1) is 0 Å². The zero-order chi connectivity index (χ0) is 19.4. The quantitative estimate of drug-likeness (QED) is 0.165. The Morgan fingerprint density at radius 1 is 0.929 bits per heavy atom. The van der Waals surface area contributed by atoms with Gasteiger partial charge in [0.05, 0.1) is 6.21 Å². The summed E-state index contributed by atoms with van der Waals surface area (Å²) in [6, 6.07) is 10.0. The number of nitrogens with zero attached hydrogens (tertiary/aromatic N) is 5. The number of unbranched alkanes of at least 4 members (excludes halogenated alkanes) is 7. The number of imidazole rings is 1. The Balaban J connectivity index is 1.50. The molecule has 0 fully saturated rings. The Hall–Kier alpha value is -2.21. The van der Waals surface area contributed by atoms with E-state index in [-0.39, 0.29) is 0 Å². The molecule has 0 atom stereocenters. The number of benzene rings is 1. The van der Waals surface area contributed by atoms with Crippen LogP contribution in [0.3, 0.4) is 0 Å². The first-order valence-corrected chi connectivity index (χ1v) is 11.3. The molecule has 0 N–H and O–H groups in total. The van der Waals surface area contributed by atoms with Gasteiger partial charge in [-0.05, 0) is 17.7 Å². The van der Waals surface area contributed by atoms with E-state index in [0.717, 1.165) is 27.5 Å². The smallest absolute Gasteiger partial charge is 0.185 e. The third kappa shape index (κ3) is 6.16. The molecule has 0 radical (unpaired) electrons. The first-order valence-electron chi connectivity index (χ1n) is 10.3. The molecule has 148 valence electrons. The van der Waals surface area contributed by atoms with Crippen molar-refractivity contribution in [3.8, 4) is 0 Å². The van der Waals surface area contributed by atoms with Gasteiger partial charge in [-0.15, -0.1) is 11.8 Å². The molecular formula is C22H29N5S. The minimum atomic E-state index is 0.751. The summed E-state index contributed by atoms with van der Waals surface area (Å²) in [6.07, 6.45) is 15.8. The van der Waals surface area contributed by atoms with Gasteiger partial charge in [0.2, 0.25) is 0 Å². The molecule has 0 saturated carbocycles. The van der Waals surface area contributed by atoms with Crippen LogP contribution in [0.25, 0.3) is 11.2 Å². The molecule has 0 saturated heterocycles. The van der Waals surface area contributed by atoms with Crippen LogP contribution in [0.2, 0.25) is 0 Å². The molecule has 2 aromatic heterocycles. The summed E-state index contributed by atoms with van der Waals surface area (Å²) in [5, 5.41) is 5.43. The van der Waals surface area contributed by atoms with Gasteiger partial charge in [-0.1, -0.05) is 82.2 Å². The molecule has 0 bridgehead atoms. The van der Waals surface area contributed by atoms with E-state index in [1.54, 1.807) is 29.1 Å². The predicted molar refractivity (Wildman–Crippen MR) is 118 cm³/mol. The molecular weight excluding hydrogens is 366 g/mol. The largest absolute Gasteiger partial charge is 0.230 e. The van der Waals surface area contributed by atoms with Crippen LogP contribution in [0.1, 0.15) is 63.9 Å². The van der Waals surface area contributed by atoms with E-state index in [1.807, 2.05) is 36.5 Å². The number of fused-ring (bicyclic) bond motifs is 1. The SMILES string of the molecule is CCCCCCCCCCSc1ncnc2c1ncn2/N=C/c1ccccc1. The molecule has 2 heterocycles. The van der Waals surface area contributed by atoms with E-state index in [1.165, 1.54) is 51.4 Å². The molecule has 0 amide bonds. The standard InChI is InChI=1S/C22H29N5S/c1-2-3-4-5-6-7-8-12-15-28-22-20-21(23-17-24-22)27(18-25-20)26-16-19-13-10-9-11-14-19/h9-11,13-14,16-18H,2-8,12,15H2,1H3/b26-16+. The van der Waals surface area contributed by atoms with E-state index in [2.05, 4.69) is 27.0 Å². The van der Waals surface area contributed by atoms with Gasteiger partial charge in [-0.3, -0.25) is 0 Å². The van der Waals surface area contributed by atoms with Crippen molar-refractivity contribution in [3.05, 3.63) is 48.5 Å². The van der Waals surface area contributed by atoms with Crippen LogP contribution in [0.4, 0.5) is 0 Å². The highest BCUT2D eigenvalue weighted by Gasteiger charge is 2.10. The highest BCUT2D eigenvalue weighted by molar-refractivity contribution is 7.99. The maximum absolute atomic E-state index is 4.49. The lowest BCUT2D eigenvalue weighted by molar-refractivity contribution is 0.586. The zero-order valence-corrected chi connectivity index (χ0v) is 17.4. The fourth-order valence-electron chi connectivity index (χ4n) is 3.06. The summed E-state index contributed by atoms with van der Waals surface area (Å²) in [7, 11) is 0. The molecule has 5 nitrogen and oxygen atoms in total. The molecule has 3 rings (SSSR count). The second kappa shape index (κ2) is 11.6. The minimum Gasteiger partial charge on any atom is -0.230 e. The molecule has 0 aliphatic heterocycles. The van der Waals surface area contributed by atoms with Crippen molar-refractivity contribution in [3.63, 3.8) is 0 Å². The molecule has 0 aliphatic rings. The van der Waals surface area contributed by atoms with Crippen molar-refractivity contribution in [1.82, 2.24) is 19.6 Å². The lowest BCUT2D eigenvalue weighted by atomic mass is 10.1. The average molecular weight is 396 g/mol. The van der Waals surface area contributed by atoms with Crippen molar-refractivity contribution in [2.24, 2.45) is 5.10 Å². The van der Waals surface area contributed by atoms with Gasteiger partial charge in [0, 0.05) is 0 Å². The lowest BCUT2D eigenvalue weighted by Crippen LogP contribution is -1.93. The molecule has 28 heavy (non-hydrogen) atoms. The van der Waals surface area contributed by atoms with Crippen molar-refractivity contribution >= 4 is 29.1 Å². The number of aromatic nitrogens is 4. The average Bonchev–Trinajstić information content (AvgIpc) is 3.16. The Morgan fingerprint density at radius 2 is 1.68 bits per heavy atom. The van der Waals surface area contributed by atoms with E-state index >= 15 is 0 Å². The normalized spacial score (nSPS) is 11.6. The van der Waals surface area contributed by atoms with E-state index < -0.39 is 0 Å². The maximum Gasteiger partial charge on any atom is 0.185 e. The van der Waals surface area contributed by atoms with Crippen LogP contribution >= 0.6 is 11.8 Å². The number of rotatable bonds is 12. The Morgan fingerprint density at radius 3 is 2.46 bits per heavy atom. The highest BCUT2D eigenvalue weighted by Crippen LogP contribution is 2.24. The molecule has 3 aromatic rings. The highest BCUT2D eigenvalue weighted by atomic mass is 32.2. The van der Waals surface area contributed by atoms with E-state index in [9.17, 15) is 0 Å². The van der Waals surface area contributed by atoms with Crippen LogP contribution in [-0.4, -0.2) is 31.6 Å². The van der Waals surface area contributed by atoms with Crippen molar-refractivity contribution in [2.45, 2.75) is 63.3 Å². The van der Waals surface area contributed by atoms with E-state index in [4.69, 9.17) is 0 Å². The lowest BCUT2D eigenvalue weighted by Gasteiger charge is -2.03. The van der Waals surface area contributed by atoms with Crippen LogP contribution < -0.4 is 0 Å². The summed E-state index contributed by atoms with van der Waals surface area (Å²) >= 11 is 1.77. The maximum atomic E-state index is 4.49. The van der Waals surface area contributed by atoms with Gasteiger partial charge in [-0.2, -0.15) is 5.10 Å². The second-order valence-electron chi connectivity index (χ2n) is 6.92. The zero-order valence-electron chi connectivity index (χ0n) is 16.6. The van der Waals surface area contributed by atoms with Gasteiger partial charge in [0.25, 0.3) is 0 Å². The number of hydrogen-bond donors (Lipinski definition) is 0. The van der Waals surface area contributed by atoms with Gasteiger partial charge < -0.3 is 0 Å². The molecule has 6 heteroatoms. The summed E-state index contributed by atoms with van der Waals surface area (Å²) in [5.74, 6) is 1.07. The fraction of sp³-hybridized carbons (Fsp3) is 0.455. The first-order chi connectivity index (χ1) is 13.9.